The molecule has 0 amide bonds. The van der Waals surface area contributed by atoms with Crippen LogP contribution in [0.5, 0.6) is 0 Å². The van der Waals surface area contributed by atoms with Crippen LogP contribution in [0.3, 0.4) is 0 Å². The summed E-state index contributed by atoms with van der Waals surface area (Å²) < 4.78 is 4.38. The van der Waals surface area contributed by atoms with Gasteiger partial charge in [0, 0.05) is 0 Å². The van der Waals surface area contributed by atoms with E-state index in [1.165, 1.54) is 44.9 Å². The molecule has 1 aromatic rings. The van der Waals surface area contributed by atoms with Crippen LogP contribution < -0.4 is 24.8 Å². The SMILES string of the molecule is CC12C(=C3Cc4ccccc4C3=C3C=CCCC31)[C](C)([Zr+2]([C]1=CC=CC1)=[C]1C3CC4CC(C3)CC1C4)C(C)(C)C(C)(C)C2(C)C.[Cl-].[Cl-]. The van der Waals surface area contributed by atoms with E-state index < -0.39 is 21.3 Å². The van der Waals surface area contributed by atoms with E-state index in [1.54, 1.807) is 34.3 Å². The maximum absolute atomic E-state index is 2.93. The molecular formula is C44H56Cl2Zr. The van der Waals surface area contributed by atoms with E-state index in [4.69, 9.17) is 0 Å². The number of rotatable bonds is 2. The number of benzene rings is 1. The van der Waals surface area contributed by atoms with Crippen molar-refractivity contribution in [3.63, 3.8) is 0 Å². The fourth-order valence-electron chi connectivity index (χ4n) is 13.9. The van der Waals surface area contributed by atoms with Crippen LogP contribution in [0.25, 0.3) is 5.57 Å². The molecule has 3 heteroatoms. The Labute approximate surface area is 306 Å². The molecule has 0 aromatic heterocycles. The zero-order valence-corrected chi connectivity index (χ0v) is 34.2. The Balaban J connectivity index is 0.00000176. The van der Waals surface area contributed by atoms with E-state index in [9.17, 15) is 0 Å². The second-order valence-electron chi connectivity index (χ2n) is 18.7. The minimum absolute atomic E-state index is 0. The van der Waals surface area contributed by atoms with Crippen LogP contribution in [0.4, 0.5) is 0 Å². The Morgan fingerprint density at radius 2 is 1.40 bits per heavy atom. The van der Waals surface area contributed by atoms with Gasteiger partial charge < -0.3 is 24.8 Å². The molecule has 0 nitrogen and oxygen atoms in total. The van der Waals surface area contributed by atoms with Crippen molar-refractivity contribution >= 4 is 8.78 Å². The molecule has 5 saturated carbocycles. The molecule has 250 valence electrons. The minimum Gasteiger partial charge on any atom is -1.00 e. The van der Waals surface area contributed by atoms with Gasteiger partial charge in [-0.2, -0.15) is 0 Å². The Kier molecular flexibility index (Phi) is 8.21. The van der Waals surface area contributed by atoms with E-state index in [0.717, 1.165) is 30.1 Å². The standard InChI is InChI=1S/C29H37.C10H14.C5H5.2ClH.Zr/c1-18-25-22-17-19-13-9-10-14-20(19)24(22)21-15-11-12-16-23(21)29(25,8)28(6,7)27(4,5)26(18,2)3;1-7-2-9-4-8(1)5-10(3-7)6-9;1-2-4-5-3-1;;;/h9-11,13-15,23H,12,16-17H2,1-8H3;7-10H,1-5H2;1-3H,4H2;2*1H;/q;;;;;+2/p-2. The van der Waals surface area contributed by atoms with Gasteiger partial charge in [0.1, 0.15) is 0 Å². The van der Waals surface area contributed by atoms with Gasteiger partial charge in [0.25, 0.3) is 0 Å². The Morgan fingerprint density at radius 1 is 0.745 bits per heavy atom. The maximum Gasteiger partial charge on any atom is -1.00 e. The fraction of sp³-hybridized carbons (Fsp3) is 0.614. The van der Waals surface area contributed by atoms with Crippen molar-refractivity contribution in [2.45, 2.75) is 116 Å². The maximum atomic E-state index is 2.93. The molecule has 9 aliphatic rings. The van der Waals surface area contributed by atoms with Gasteiger partial charge in [-0.1, -0.05) is 0 Å². The smallest absolute Gasteiger partial charge is 1.00 e. The van der Waals surface area contributed by atoms with Crippen LogP contribution in [-0.2, 0) is 27.7 Å². The van der Waals surface area contributed by atoms with Gasteiger partial charge >= 0.3 is 283 Å². The summed E-state index contributed by atoms with van der Waals surface area (Å²) in [6.07, 6.45) is 25.3. The third kappa shape index (κ3) is 4.07. The first-order valence-electron chi connectivity index (χ1n) is 18.7. The van der Waals surface area contributed by atoms with Crippen LogP contribution in [-0.4, -0.2) is 3.21 Å². The molecule has 47 heavy (non-hydrogen) atoms. The number of allylic oxidation sites excluding steroid dienone is 10. The first-order valence-corrected chi connectivity index (χ1v) is 22.4. The molecule has 10 rings (SSSR count). The molecule has 0 N–H and O–H groups in total. The van der Waals surface area contributed by atoms with E-state index in [-0.39, 0.29) is 49.6 Å². The van der Waals surface area contributed by atoms with Gasteiger partial charge in [-0.25, -0.2) is 0 Å². The van der Waals surface area contributed by atoms with Gasteiger partial charge in [0.15, 0.2) is 0 Å². The van der Waals surface area contributed by atoms with Crippen LogP contribution in [0.2, 0.25) is 3.12 Å². The number of hydrogen-bond acceptors (Lipinski definition) is 0. The largest absolute Gasteiger partial charge is 1.00 e. The predicted molar refractivity (Wildman–Crippen MR) is 188 cm³/mol. The Morgan fingerprint density at radius 3 is 2.04 bits per heavy atom. The quantitative estimate of drug-likeness (QED) is 0.368. The molecule has 0 radical (unpaired) electrons. The average Bonchev–Trinajstić information content (AvgIpc) is 3.66. The zero-order chi connectivity index (χ0) is 31.3. The topological polar surface area (TPSA) is 0 Å². The van der Waals surface area contributed by atoms with E-state index >= 15 is 0 Å². The molecule has 9 aliphatic carbocycles. The van der Waals surface area contributed by atoms with E-state index in [2.05, 4.69) is 113 Å². The molecular weight excluding hydrogens is 691 g/mol. The van der Waals surface area contributed by atoms with Gasteiger partial charge in [0.05, 0.1) is 0 Å². The minimum atomic E-state index is -2.54. The molecule has 5 fully saturated rings. The van der Waals surface area contributed by atoms with Crippen LogP contribution in [0.1, 0.15) is 118 Å². The summed E-state index contributed by atoms with van der Waals surface area (Å²) >= 11 is -2.54. The van der Waals surface area contributed by atoms with Crippen molar-refractivity contribution in [2.75, 3.05) is 0 Å². The molecule has 0 aliphatic heterocycles. The summed E-state index contributed by atoms with van der Waals surface area (Å²) in [6.45, 7) is 22.2. The average molecular weight is 747 g/mol. The van der Waals surface area contributed by atoms with Gasteiger partial charge in [0.2, 0.25) is 0 Å². The Bertz CT molecular complexity index is 1690. The summed E-state index contributed by atoms with van der Waals surface area (Å²) in [5.41, 5.74) is 10.9. The van der Waals surface area contributed by atoms with Gasteiger partial charge in [-0.3, -0.25) is 0 Å². The molecule has 3 atom stereocenters. The molecule has 0 heterocycles. The van der Waals surface area contributed by atoms with E-state index in [1.807, 2.05) is 8.85 Å². The third-order valence-corrected chi connectivity index (χ3v) is 27.7. The molecule has 3 unspecified atom stereocenters. The van der Waals surface area contributed by atoms with Crippen molar-refractivity contribution in [2.24, 2.45) is 51.2 Å². The fourth-order valence-corrected chi connectivity index (χ4v) is 26.3. The first-order chi connectivity index (χ1) is 21.3. The summed E-state index contributed by atoms with van der Waals surface area (Å²) in [7, 11) is 0. The third-order valence-electron chi connectivity index (χ3n) is 17.1. The van der Waals surface area contributed by atoms with Gasteiger partial charge in [-0.05, 0) is 0 Å². The first kappa shape index (κ1) is 34.7. The van der Waals surface area contributed by atoms with Gasteiger partial charge in [-0.15, -0.1) is 0 Å². The van der Waals surface area contributed by atoms with Crippen molar-refractivity contribution in [1.29, 1.82) is 0 Å². The predicted octanol–water partition coefficient (Wildman–Crippen LogP) is 5.65. The second kappa shape index (κ2) is 11.1. The summed E-state index contributed by atoms with van der Waals surface area (Å²) in [4.78, 5) is 0. The normalized spacial score (nSPS) is 38.8. The van der Waals surface area contributed by atoms with Crippen molar-refractivity contribution in [3.8, 4) is 0 Å². The Hall–Kier alpha value is -0.747. The molecule has 4 bridgehead atoms. The summed E-state index contributed by atoms with van der Waals surface area (Å²) in [5.74, 6) is 4.49. The van der Waals surface area contributed by atoms with Crippen molar-refractivity contribution in [3.05, 3.63) is 85.8 Å². The summed E-state index contributed by atoms with van der Waals surface area (Å²) in [5, 5.41) is 0. The van der Waals surface area contributed by atoms with Crippen molar-refractivity contribution in [1.82, 2.24) is 0 Å². The number of hydrogen-bond donors (Lipinski definition) is 0. The van der Waals surface area contributed by atoms with Crippen LogP contribution >= 0.6 is 0 Å². The molecule has 0 saturated heterocycles. The zero-order valence-electron chi connectivity index (χ0n) is 30.2. The summed E-state index contributed by atoms with van der Waals surface area (Å²) in [6, 6.07) is 9.55. The second-order valence-corrected chi connectivity index (χ2v) is 26.0. The number of halogens is 2. The van der Waals surface area contributed by atoms with Crippen LogP contribution in [0, 0.1) is 51.2 Å². The monoisotopic (exact) mass is 744 g/mol. The number of fused-ring (bicyclic) bond motifs is 6. The molecule has 0 spiro atoms. The molecule has 1 aromatic carbocycles. The van der Waals surface area contributed by atoms with Crippen molar-refractivity contribution < 1.29 is 46.1 Å². The van der Waals surface area contributed by atoms with Crippen LogP contribution in [0.15, 0.2) is 74.6 Å². The van der Waals surface area contributed by atoms with E-state index in [0.29, 0.717) is 5.92 Å².